The molecule has 0 saturated carbocycles. The molecule has 0 aliphatic carbocycles. The summed E-state index contributed by atoms with van der Waals surface area (Å²) in [6.07, 6.45) is 5.60. The van der Waals surface area contributed by atoms with Crippen LogP contribution in [0, 0.1) is 0 Å². The number of benzene rings is 1. The summed E-state index contributed by atoms with van der Waals surface area (Å²) >= 11 is 1.38. The van der Waals surface area contributed by atoms with Crippen molar-refractivity contribution in [2.75, 3.05) is 24.7 Å². The van der Waals surface area contributed by atoms with Gasteiger partial charge in [0.05, 0.1) is 18.8 Å². The van der Waals surface area contributed by atoms with Crippen molar-refractivity contribution >= 4 is 41.1 Å². The van der Waals surface area contributed by atoms with E-state index >= 15 is 0 Å². The highest BCUT2D eigenvalue weighted by Gasteiger charge is 2.50. The number of amides is 3. The number of thioether (sulfide) groups is 1. The molecular weight excluding hydrogens is 522 g/mol. The number of β-lactam (4-membered cyclic amide) rings is 1. The van der Waals surface area contributed by atoms with Crippen LogP contribution in [0.1, 0.15) is 12.0 Å². The minimum absolute atomic E-state index is 0.126. The molecule has 3 aliphatic rings. The number of fused-ring (bicyclic) bond motifs is 1. The number of nitrogens with one attached hydrogen (secondary N) is 1. The molecule has 2 aromatic rings. The molecule has 11 nitrogen and oxygen atoms in total. The van der Waals surface area contributed by atoms with Gasteiger partial charge in [0.15, 0.2) is 12.4 Å². The number of pyridine rings is 1. The standard InChI is InChI=1S/C27H27N5O6S/c1-38-20-4-2-19(3-5-20)29-21(33)14-30-9-6-16(7-10-30)13-31-11-8-17(24(31)34)12-18-15-39-26-22(28)25(35)32(26)23(18)27(36)37/h2-7,9-10,12,22,26H,8,11,13-15,28H2,1H3,(H-,29,33,36,37)/b17-12+/t22-,26-/m1/s1. The first-order valence-corrected chi connectivity index (χ1v) is 13.4. The molecule has 3 amide bonds. The number of rotatable bonds is 8. The lowest BCUT2D eigenvalue weighted by Gasteiger charge is -2.49. The summed E-state index contributed by atoms with van der Waals surface area (Å²) in [4.78, 5) is 52.2. The summed E-state index contributed by atoms with van der Waals surface area (Å²) < 4.78 is 6.86. The smallest absolute Gasteiger partial charge is 0.290 e. The zero-order valence-corrected chi connectivity index (χ0v) is 22.0. The second kappa shape index (κ2) is 10.9. The fourth-order valence-electron chi connectivity index (χ4n) is 4.76. The summed E-state index contributed by atoms with van der Waals surface area (Å²) in [5.74, 6) is -1.24. The normalized spacial score (nSPS) is 21.6. The van der Waals surface area contributed by atoms with Crippen molar-refractivity contribution < 1.29 is 33.6 Å². The van der Waals surface area contributed by atoms with E-state index in [0.29, 0.717) is 47.8 Å². The molecule has 1 aromatic heterocycles. The highest BCUT2D eigenvalue weighted by atomic mass is 32.2. The summed E-state index contributed by atoms with van der Waals surface area (Å²) in [6, 6.07) is 10.0. The molecule has 0 radical (unpaired) electrons. The van der Waals surface area contributed by atoms with Gasteiger partial charge in [0, 0.05) is 42.2 Å². The maximum Gasteiger partial charge on any atom is 0.290 e. The largest absolute Gasteiger partial charge is 0.543 e. The van der Waals surface area contributed by atoms with Gasteiger partial charge in [-0.2, -0.15) is 4.57 Å². The second-order valence-corrected chi connectivity index (χ2v) is 10.5. The Bertz CT molecular complexity index is 1390. The first-order chi connectivity index (χ1) is 18.7. The van der Waals surface area contributed by atoms with Crippen molar-refractivity contribution in [2.24, 2.45) is 5.73 Å². The van der Waals surface area contributed by atoms with Crippen LogP contribution in [-0.4, -0.2) is 64.3 Å². The van der Waals surface area contributed by atoms with Crippen LogP contribution in [0.25, 0.3) is 0 Å². The molecule has 2 atom stereocenters. The van der Waals surface area contributed by atoms with Crippen molar-refractivity contribution in [3.05, 3.63) is 77.3 Å². The quantitative estimate of drug-likeness (QED) is 0.255. The third-order valence-electron chi connectivity index (χ3n) is 6.83. The van der Waals surface area contributed by atoms with Gasteiger partial charge in [-0.05, 0) is 47.9 Å². The minimum atomic E-state index is -1.45. The molecule has 0 spiro atoms. The van der Waals surface area contributed by atoms with Crippen molar-refractivity contribution in [1.29, 1.82) is 0 Å². The number of hydrogen-bond donors (Lipinski definition) is 2. The van der Waals surface area contributed by atoms with Crippen LogP contribution in [0.5, 0.6) is 5.75 Å². The molecule has 3 aliphatic heterocycles. The molecule has 3 N–H and O–H groups in total. The highest BCUT2D eigenvalue weighted by Crippen LogP contribution is 2.40. The second-order valence-electron chi connectivity index (χ2n) is 9.40. The Balaban J connectivity index is 1.20. The lowest BCUT2D eigenvalue weighted by Crippen LogP contribution is -2.69. The Morgan fingerprint density at radius 3 is 2.59 bits per heavy atom. The summed E-state index contributed by atoms with van der Waals surface area (Å²) in [5.41, 5.74) is 8.02. The van der Waals surface area contributed by atoms with Gasteiger partial charge in [-0.3, -0.25) is 19.3 Å². The molecule has 1 aromatic carbocycles. The summed E-state index contributed by atoms with van der Waals surface area (Å²) in [5, 5.41) is 14.2. The number of methoxy groups -OCH3 is 1. The molecular formula is C27H27N5O6S. The average Bonchev–Trinajstić information content (AvgIpc) is 3.27. The van der Waals surface area contributed by atoms with Crippen molar-refractivity contribution in [3.63, 3.8) is 0 Å². The van der Waals surface area contributed by atoms with E-state index in [1.165, 1.54) is 11.8 Å². The minimum Gasteiger partial charge on any atom is -0.543 e. The van der Waals surface area contributed by atoms with Crippen molar-refractivity contribution in [1.82, 2.24) is 9.80 Å². The maximum absolute atomic E-state index is 13.1. The third-order valence-corrected chi connectivity index (χ3v) is 8.15. The van der Waals surface area contributed by atoms with E-state index in [1.54, 1.807) is 59.3 Å². The highest BCUT2D eigenvalue weighted by molar-refractivity contribution is 8.00. The van der Waals surface area contributed by atoms with Crippen LogP contribution in [0.15, 0.2) is 71.7 Å². The Morgan fingerprint density at radius 1 is 1.21 bits per heavy atom. The van der Waals surface area contributed by atoms with Crippen LogP contribution in [0.3, 0.4) is 0 Å². The van der Waals surface area contributed by atoms with Gasteiger partial charge in [-0.15, -0.1) is 11.8 Å². The number of likely N-dealkylation sites (tertiary alicyclic amines) is 1. The molecule has 39 heavy (non-hydrogen) atoms. The number of carboxylic acids is 1. The fourth-order valence-corrected chi connectivity index (χ4v) is 6.01. The SMILES string of the molecule is COc1ccc(NC(=O)C[n+]2ccc(CN3CC/C(=C\C4=C(C(=O)[O-])N5C(=O)[C@@H](N)[C@H]5SC4)C3=O)cc2)cc1. The van der Waals surface area contributed by atoms with Crippen LogP contribution in [0.2, 0.25) is 0 Å². The number of nitrogens with two attached hydrogens (primary N) is 1. The van der Waals surface area contributed by atoms with E-state index in [1.807, 2.05) is 12.1 Å². The van der Waals surface area contributed by atoms with E-state index < -0.39 is 23.3 Å². The molecule has 5 rings (SSSR count). The predicted octanol–water partition coefficient (Wildman–Crippen LogP) is -0.473. The lowest BCUT2D eigenvalue weighted by atomic mass is 10.0. The number of anilines is 1. The number of carbonyl (C=O) groups is 4. The summed E-state index contributed by atoms with van der Waals surface area (Å²) in [7, 11) is 1.58. The Kier molecular flexibility index (Phi) is 7.40. The first kappa shape index (κ1) is 26.4. The predicted molar refractivity (Wildman–Crippen MR) is 139 cm³/mol. The Morgan fingerprint density at radius 2 is 1.92 bits per heavy atom. The van der Waals surface area contributed by atoms with Crippen LogP contribution >= 0.6 is 11.8 Å². The molecule has 0 unspecified atom stereocenters. The number of nitrogens with zero attached hydrogens (tertiary/aromatic N) is 3. The topological polar surface area (TPSA) is 149 Å². The van der Waals surface area contributed by atoms with Gasteiger partial charge in [-0.1, -0.05) is 0 Å². The van der Waals surface area contributed by atoms with Gasteiger partial charge in [0.1, 0.15) is 17.2 Å². The van der Waals surface area contributed by atoms with E-state index in [4.69, 9.17) is 10.5 Å². The number of ether oxygens (including phenoxy) is 1. The number of aromatic nitrogens is 1. The summed E-state index contributed by atoms with van der Waals surface area (Å²) in [6.45, 7) is 0.986. The van der Waals surface area contributed by atoms with Gasteiger partial charge in [0.25, 0.3) is 5.91 Å². The number of carbonyl (C=O) groups excluding carboxylic acids is 4. The number of aliphatic carboxylic acids is 1. The van der Waals surface area contributed by atoms with Crippen LogP contribution in [0.4, 0.5) is 5.69 Å². The molecule has 12 heteroatoms. The third kappa shape index (κ3) is 5.38. The zero-order valence-electron chi connectivity index (χ0n) is 21.2. The van der Waals surface area contributed by atoms with Gasteiger partial charge in [-0.25, -0.2) is 0 Å². The first-order valence-electron chi connectivity index (χ1n) is 12.3. The average molecular weight is 550 g/mol. The Labute approximate surface area is 228 Å². The van der Waals surface area contributed by atoms with E-state index in [2.05, 4.69) is 5.32 Å². The number of allylic oxidation sites excluding steroid dienone is 1. The number of hydrogen-bond acceptors (Lipinski definition) is 8. The van der Waals surface area contributed by atoms with Crippen LogP contribution in [-0.2, 0) is 32.3 Å². The Hall–Kier alpha value is -4.16. The fraction of sp³-hybridized carbons (Fsp3) is 0.296. The van der Waals surface area contributed by atoms with E-state index in [-0.39, 0.29) is 24.1 Å². The van der Waals surface area contributed by atoms with Gasteiger partial charge >= 0.3 is 0 Å². The molecule has 202 valence electrons. The van der Waals surface area contributed by atoms with Crippen molar-refractivity contribution in [3.8, 4) is 5.75 Å². The molecule has 2 saturated heterocycles. The van der Waals surface area contributed by atoms with Crippen LogP contribution < -0.4 is 25.5 Å². The molecule has 4 heterocycles. The zero-order chi connectivity index (χ0) is 27.7. The monoisotopic (exact) mass is 549 g/mol. The molecule has 2 fully saturated rings. The number of carboxylic acid groups (broad SMARTS) is 1. The van der Waals surface area contributed by atoms with E-state index in [0.717, 1.165) is 10.5 Å². The maximum atomic E-state index is 13.1. The van der Waals surface area contributed by atoms with Gasteiger partial charge < -0.3 is 30.6 Å². The molecule has 0 bridgehead atoms. The van der Waals surface area contributed by atoms with E-state index in [9.17, 15) is 24.3 Å². The van der Waals surface area contributed by atoms with Crippen molar-refractivity contribution in [2.45, 2.75) is 30.9 Å². The lowest BCUT2D eigenvalue weighted by molar-refractivity contribution is -0.684. The van der Waals surface area contributed by atoms with Gasteiger partial charge in [0.2, 0.25) is 18.4 Å².